The van der Waals surface area contributed by atoms with Gasteiger partial charge in [0.2, 0.25) is 0 Å². The van der Waals surface area contributed by atoms with Gasteiger partial charge in [0.1, 0.15) is 0 Å². The van der Waals surface area contributed by atoms with E-state index in [2.05, 4.69) is 10.0 Å². The van der Waals surface area contributed by atoms with Gasteiger partial charge in [-0.1, -0.05) is 29.8 Å². The number of carbonyl (C=O) groups excluding carboxylic acids is 1. The summed E-state index contributed by atoms with van der Waals surface area (Å²) in [6.45, 7) is 2.24. The number of sulfonamides is 1. The van der Waals surface area contributed by atoms with Crippen LogP contribution in [-0.4, -0.2) is 39.9 Å². The van der Waals surface area contributed by atoms with Gasteiger partial charge in [0.15, 0.2) is 0 Å². The van der Waals surface area contributed by atoms with E-state index in [1.165, 1.54) is 18.2 Å². The molecule has 1 atom stereocenters. The third-order valence-electron chi connectivity index (χ3n) is 4.71. The third kappa shape index (κ3) is 5.86. The van der Waals surface area contributed by atoms with Gasteiger partial charge in [-0.05, 0) is 68.4 Å². The number of halogens is 1. The molecule has 0 saturated heterocycles. The van der Waals surface area contributed by atoms with E-state index in [9.17, 15) is 13.2 Å². The van der Waals surface area contributed by atoms with E-state index in [1.54, 1.807) is 29.5 Å². The van der Waals surface area contributed by atoms with E-state index < -0.39 is 15.9 Å². The van der Waals surface area contributed by atoms with Crippen LogP contribution in [-0.2, 0) is 10.0 Å². The number of nitrogens with zero attached hydrogens (tertiary/aromatic N) is 1. The van der Waals surface area contributed by atoms with Crippen molar-refractivity contribution in [3.63, 3.8) is 0 Å². The predicted molar refractivity (Wildman–Crippen MR) is 127 cm³/mol. The number of anilines is 1. The minimum absolute atomic E-state index is 0.00220. The molecule has 9 heteroatoms. The van der Waals surface area contributed by atoms with E-state index in [1.807, 2.05) is 49.5 Å². The Bertz CT molecular complexity index is 1160. The summed E-state index contributed by atoms with van der Waals surface area (Å²) < 4.78 is 28.2. The van der Waals surface area contributed by atoms with Gasteiger partial charge in [-0.2, -0.15) is 0 Å². The minimum atomic E-state index is -3.88. The molecule has 2 N–H and O–H groups in total. The molecular formula is C22H24ClN3O3S2. The summed E-state index contributed by atoms with van der Waals surface area (Å²) in [5.74, 6) is -0.430. The standard InChI is InChI=1S/C22H24ClN3O3S2/c1-15-6-4-7-16(12-15)25-31(28,29)17-9-10-19(23)18(13-17)22(27)24-14-20(26(2)3)21-8-5-11-30-21/h4-13,20,25H,14H2,1-3H3,(H,24,27). The minimum Gasteiger partial charge on any atom is -0.350 e. The Balaban J connectivity index is 1.79. The highest BCUT2D eigenvalue weighted by atomic mass is 35.5. The van der Waals surface area contributed by atoms with Crippen LogP contribution in [0.5, 0.6) is 0 Å². The molecular weight excluding hydrogens is 454 g/mol. The average molecular weight is 478 g/mol. The van der Waals surface area contributed by atoms with Crippen LogP contribution in [0.1, 0.15) is 26.8 Å². The summed E-state index contributed by atoms with van der Waals surface area (Å²) in [4.78, 5) is 15.9. The number of nitrogens with one attached hydrogen (secondary N) is 2. The summed E-state index contributed by atoms with van der Waals surface area (Å²) in [6.07, 6.45) is 0. The van der Waals surface area contributed by atoms with Gasteiger partial charge >= 0.3 is 0 Å². The Hall–Kier alpha value is -2.39. The van der Waals surface area contributed by atoms with Gasteiger partial charge in [0.05, 0.1) is 21.5 Å². The molecule has 1 amide bonds. The third-order valence-corrected chi connectivity index (χ3v) is 7.40. The van der Waals surface area contributed by atoms with Crippen LogP contribution in [0.4, 0.5) is 5.69 Å². The van der Waals surface area contributed by atoms with E-state index in [0.717, 1.165) is 10.4 Å². The number of hydrogen-bond donors (Lipinski definition) is 2. The Morgan fingerprint density at radius 2 is 1.90 bits per heavy atom. The summed E-state index contributed by atoms with van der Waals surface area (Å²) in [7, 11) is -0.00189. The molecule has 1 heterocycles. The molecule has 1 unspecified atom stereocenters. The number of thiophene rings is 1. The average Bonchev–Trinajstić information content (AvgIpc) is 3.22. The number of benzene rings is 2. The highest BCUT2D eigenvalue weighted by Crippen LogP contribution is 2.25. The van der Waals surface area contributed by atoms with Crippen molar-refractivity contribution in [3.05, 3.63) is 81.0 Å². The van der Waals surface area contributed by atoms with Gasteiger partial charge in [-0.3, -0.25) is 9.52 Å². The van der Waals surface area contributed by atoms with Crippen LogP contribution < -0.4 is 10.0 Å². The molecule has 0 radical (unpaired) electrons. The van der Waals surface area contributed by atoms with Crippen molar-refractivity contribution in [1.82, 2.24) is 10.2 Å². The molecule has 0 aliphatic rings. The number of amides is 1. The SMILES string of the molecule is Cc1cccc(NS(=O)(=O)c2ccc(Cl)c(C(=O)NCC(c3cccs3)N(C)C)c2)c1. The zero-order valence-electron chi connectivity index (χ0n) is 17.4. The predicted octanol–water partition coefficient (Wildman–Crippen LogP) is 4.54. The molecule has 1 aromatic heterocycles. The first-order chi connectivity index (χ1) is 14.7. The number of aryl methyl sites for hydroxylation is 1. The van der Waals surface area contributed by atoms with Crippen molar-refractivity contribution >= 4 is 44.6 Å². The lowest BCUT2D eigenvalue weighted by atomic mass is 10.2. The fourth-order valence-electron chi connectivity index (χ4n) is 3.07. The van der Waals surface area contributed by atoms with Crippen LogP contribution in [0, 0.1) is 6.92 Å². The van der Waals surface area contributed by atoms with Crippen molar-refractivity contribution in [2.24, 2.45) is 0 Å². The van der Waals surface area contributed by atoms with Crippen LogP contribution in [0.3, 0.4) is 0 Å². The van der Waals surface area contributed by atoms with Crippen molar-refractivity contribution < 1.29 is 13.2 Å². The van der Waals surface area contributed by atoms with Crippen LogP contribution in [0.15, 0.2) is 64.9 Å². The van der Waals surface area contributed by atoms with Gasteiger partial charge in [0, 0.05) is 17.1 Å². The normalized spacial score (nSPS) is 12.5. The number of carbonyl (C=O) groups is 1. The first-order valence-corrected chi connectivity index (χ1v) is 12.3. The summed E-state index contributed by atoms with van der Waals surface area (Å²) in [5.41, 5.74) is 1.49. The van der Waals surface area contributed by atoms with Crippen molar-refractivity contribution in [2.75, 3.05) is 25.4 Å². The maximum Gasteiger partial charge on any atom is 0.261 e. The van der Waals surface area contributed by atoms with Crippen molar-refractivity contribution in [1.29, 1.82) is 0 Å². The largest absolute Gasteiger partial charge is 0.350 e. The molecule has 0 saturated carbocycles. The number of likely N-dealkylation sites (N-methyl/N-ethyl adjacent to an activating group) is 1. The molecule has 0 fully saturated rings. The van der Waals surface area contributed by atoms with E-state index in [0.29, 0.717) is 12.2 Å². The lowest BCUT2D eigenvalue weighted by molar-refractivity contribution is 0.0942. The van der Waals surface area contributed by atoms with E-state index >= 15 is 0 Å². The molecule has 0 aliphatic carbocycles. The van der Waals surface area contributed by atoms with Gasteiger partial charge in [0.25, 0.3) is 15.9 Å². The molecule has 2 aromatic carbocycles. The maximum absolute atomic E-state index is 12.8. The molecule has 0 aliphatic heterocycles. The molecule has 0 spiro atoms. The lowest BCUT2D eigenvalue weighted by Gasteiger charge is -2.23. The fourth-order valence-corrected chi connectivity index (χ4v) is 5.27. The molecule has 3 aromatic rings. The Morgan fingerprint density at radius 1 is 1.13 bits per heavy atom. The number of rotatable bonds is 8. The summed E-state index contributed by atoms with van der Waals surface area (Å²) in [5, 5.41) is 5.04. The van der Waals surface area contributed by atoms with Gasteiger partial charge < -0.3 is 10.2 Å². The highest BCUT2D eigenvalue weighted by Gasteiger charge is 2.21. The first kappa shape index (κ1) is 23.3. The smallest absolute Gasteiger partial charge is 0.261 e. The van der Waals surface area contributed by atoms with Crippen LogP contribution in [0.25, 0.3) is 0 Å². The highest BCUT2D eigenvalue weighted by molar-refractivity contribution is 7.92. The van der Waals surface area contributed by atoms with E-state index in [4.69, 9.17) is 11.6 Å². The zero-order valence-corrected chi connectivity index (χ0v) is 19.8. The first-order valence-electron chi connectivity index (χ1n) is 9.54. The molecule has 0 bridgehead atoms. The molecule has 3 rings (SSSR count). The quantitative estimate of drug-likeness (QED) is 0.499. The monoisotopic (exact) mass is 477 g/mol. The Kier molecular flexibility index (Phi) is 7.38. The summed E-state index contributed by atoms with van der Waals surface area (Å²) in [6, 6.07) is 15.1. The van der Waals surface area contributed by atoms with Crippen LogP contribution >= 0.6 is 22.9 Å². The molecule has 31 heavy (non-hydrogen) atoms. The number of hydrogen-bond acceptors (Lipinski definition) is 5. The van der Waals surface area contributed by atoms with Crippen molar-refractivity contribution in [3.8, 4) is 0 Å². The van der Waals surface area contributed by atoms with E-state index in [-0.39, 0.29) is 21.5 Å². The second-order valence-electron chi connectivity index (χ2n) is 7.32. The van der Waals surface area contributed by atoms with Crippen molar-refractivity contribution in [2.45, 2.75) is 17.9 Å². The maximum atomic E-state index is 12.8. The summed E-state index contributed by atoms with van der Waals surface area (Å²) >= 11 is 7.83. The zero-order chi connectivity index (χ0) is 22.6. The second-order valence-corrected chi connectivity index (χ2v) is 10.4. The second kappa shape index (κ2) is 9.82. The molecule has 164 valence electrons. The fraction of sp³-hybridized carbons (Fsp3) is 0.227. The topological polar surface area (TPSA) is 78.5 Å². The molecule has 6 nitrogen and oxygen atoms in total. The van der Waals surface area contributed by atoms with Gasteiger partial charge in [-0.15, -0.1) is 11.3 Å². The Morgan fingerprint density at radius 3 is 2.55 bits per heavy atom. The van der Waals surface area contributed by atoms with Gasteiger partial charge in [-0.25, -0.2) is 8.42 Å². The lowest BCUT2D eigenvalue weighted by Crippen LogP contribution is -2.34. The van der Waals surface area contributed by atoms with Crippen LogP contribution in [0.2, 0.25) is 5.02 Å². The Labute approximate surface area is 191 Å².